The molecule has 8 heteroatoms. The second kappa shape index (κ2) is 14.1. The SMILES string of the molecule is COCCOc1ccc(C(N)=O)c(-c2cc(C(CN(C)Cc3ccc(OC)cc3)c3ccccc3)ccc2Cl)c1F. The molecule has 4 aromatic carbocycles. The third-order valence-corrected chi connectivity index (χ3v) is 7.22. The quantitative estimate of drug-likeness (QED) is 0.183. The van der Waals surface area contributed by atoms with Crippen LogP contribution < -0.4 is 15.2 Å². The third-order valence-electron chi connectivity index (χ3n) is 6.89. The number of amides is 1. The van der Waals surface area contributed by atoms with E-state index in [-0.39, 0.29) is 36.0 Å². The molecule has 0 aliphatic rings. The zero-order valence-corrected chi connectivity index (χ0v) is 24.2. The molecule has 1 atom stereocenters. The first-order valence-corrected chi connectivity index (χ1v) is 13.6. The molecule has 41 heavy (non-hydrogen) atoms. The highest BCUT2D eigenvalue weighted by molar-refractivity contribution is 6.33. The minimum atomic E-state index is -0.761. The molecular weight excluding hydrogens is 543 g/mol. The van der Waals surface area contributed by atoms with Crippen LogP contribution in [-0.2, 0) is 11.3 Å². The first-order chi connectivity index (χ1) is 19.8. The van der Waals surface area contributed by atoms with Gasteiger partial charge in [0.2, 0.25) is 5.91 Å². The number of carbonyl (C=O) groups is 1. The predicted molar refractivity (Wildman–Crippen MR) is 160 cm³/mol. The number of carbonyl (C=O) groups excluding carboxylic acids is 1. The molecule has 2 N–H and O–H groups in total. The molecule has 0 radical (unpaired) electrons. The van der Waals surface area contributed by atoms with Gasteiger partial charge in [0, 0.05) is 42.3 Å². The molecule has 1 amide bonds. The maximum absolute atomic E-state index is 15.9. The Labute approximate surface area is 245 Å². The summed E-state index contributed by atoms with van der Waals surface area (Å²) < 4.78 is 31.8. The van der Waals surface area contributed by atoms with Crippen LogP contribution in [0.4, 0.5) is 4.39 Å². The Morgan fingerprint density at radius 2 is 1.68 bits per heavy atom. The van der Waals surface area contributed by atoms with Gasteiger partial charge in [0.05, 0.1) is 19.3 Å². The number of halogens is 2. The molecule has 0 saturated heterocycles. The standard InChI is InChI=1S/C33H34ClFN2O4/c1-37(20-22-9-12-25(40-3)13-10-22)21-28(23-7-5-4-6-8-23)24-11-15-29(34)27(19-24)31-26(33(36)38)14-16-30(32(31)35)41-18-17-39-2/h4-16,19,28H,17-18,20-21H2,1-3H3,(H2,36,38). The molecule has 0 bridgehead atoms. The summed E-state index contributed by atoms with van der Waals surface area (Å²) in [4.78, 5) is 14.6. The zero-order chi connectivity index (χ0) is 29.4. The number of nitrogens with two attached hydrogens (primary N) is 1. The lowest BCUT2D eigenvalue weighted by Gasteiger charge is -2.26. The van der Waals surface area contributed by atoms with Crippen molar-refractivity contribution in [1.29, 1.82) is 0 Å². The maximum Gasteiger partial charge on any atom is 0.249 e. The van der Waals surface area contributed by atoms with Crippen molar-refractivity contribution in [2.45, 2.75) is 12.5 Å². The van der Waals surface area contributed by atoms with Crippen molar-refractivity contribution in [2.24, 2.45) is 5.73 Å². The highest BCUT2D eigenvalue weighted by Crippen LogP contribution is 2.39. The maximum atomic E-state index is 15.9. The molecule has 0 fully saturated rings. The fourth-order valence-electron chi connectivity index (χ4n) is 4.83. The fourth-order valence-corrected chi connectivity index (χ4v) is 5.04. The van der Waals surface area contributed by atoms with Crippen LogP contribution in [0.1, 0.15) is 33.0 Å². The van der Waals surface area contributed by atoms with E-state index in [1.165, 1.54) is 19.2 Å². The van der Waals surface area contributed by atoms with Crippen LogP contribution in [0.5, 0.6) is 11.5 Å². The second-order valence-corrected chi connectivity index (χ2v) is 10.2. The minimum absolute atomic E-state index is 0.0117. The Kier molecular flexibility index (Phi) is 10.4. The molecular formula is C33H34ClFN2O4. The first kappa shape index (κ1) is 30.1. The van der Waals surface area contributed by atoms with E-state index < -0.39 is 11.7 Å². The van der Waals surface area contributed by atoms with Crippen LogP contribution in [0.3, 0.4) is 0 Å². The molecule has 4 rings (SSSR count). The number of likely N-dealkylation sites (N-methyl/N-ethyl adjacent to an activating group) is 1. The largest absolute Gasteiger partial charge is 0.497 e. The lowest BCUT2D eigenvalue weighted by molar-refractivity contribution is 0.1000. The lowest BCUT2D eigenvalue weighted by atomic mass is 9.88. The number of nitrogens with zero attached hydrogens (tertiary/aromatic N) is 1. The summed E-state index contributed by atoms with van der Waals surface area (Å²) >= 11 is 6.65. The smallest absolute Gasteiger partial charge is 0.249 e. The Morgan fingerprint density at radius 1 is 0.951 bits per heavy atom. The van der Waals surface area contributed by atoms with Crippen LogP contribution in [-0.4, -0.2) is 51.8 Å². The van der Waals surface area contributed by atoms with Gasteiger partial charge in [-0.05, 0) is 60.1 Å². The average molecular weight is 577 g/mol. The number of primary amides is 1. The van der Waals surface area contributed by atoms with Gasteiger partial charge >= 0.3 is 0 Å². The second-order valence-electron chi connectivity index (χ2n) is 9.75. The molecule has 4 aromatic rings. The molecule has 0 heterocycles. The summed E-state index contributed by atoms with van der Waals surface area (Å²) in [5.41, 5.74) is 9.22. The van der Waals surface area contributed by atoms with Gasteiger partial charge in [-0.2, -0.15) is 0 Å². The molecule has 0 saturated carbocycles. The van der Waals surface area contributed by atoms with E-state index in [0.717, 1.165) is 29.0 Å². The van der Waals surface area contributed by atoms with E-state index >= 15 is 4.39 Å². The van der Waals surface area contributed by atoms with Gasteiger partial charge in [0.1, 0.15) is 12.4 Å². The number of rotatable bonds is 13. The van der Waals surface area contributed by atoms with E-state index in [2.05, 4.69) is 24.1 Å². The van der Waals surface area contributed by atoms with Gasteiger partial charge < -0.3 is 24.8 Å². The summed E-state index contributed by atoms with van der Waals surface area (Å²) in [6.45, 7) is 1.82. The predicted octanol–water partition coefficient (Wildman–Crippen LogP) is 6.54. The van der Waals surface area contributed by atoms with E-state index in [0.29, 0.717) is 17.1 Å². The van der Waals surface area contributed by atoms with E-state index in [1.54, 1.807) is 13.2 Å². The van der Waals surface area contributed by atoms with Gasteiger partial charge in [0.25, 0.3) is 0 Å². The highest BCUT2D eigenvalue weighted by atomic mass is 35.5. The Balaban J connectivity index is 1.74. The Hall–Kier alpha value is -3.91. The monoisotopic (exact) mass is 576 g/mol. The summed E-state index contributed by atoms with van der Waals surface area (Å²) in [7, 11) is 5.24. The minimum Gasteiger partial charge on any atom is -0.497 e. The summed E-state index contributed by atoms with van der Waals surface area (Å²) in [5.74, 6) is -0.742. The molecule has 0 spiro atoms. The van der Waals surface area contributed by atoms with Crippen molar-refractivity contribution in [1.82, 2.24) is 4.90 Å². The normalized spacial score (nSPS) is 11.9. The van der Waals surface area contributed by atoms with Crippen LogP contribution in [0.2, 0.25) is 5.02 Å². The molecule has 214 valence electrons. The van der Waals surface area contributed by atoms with Gasteiger partial charge in [-0.3, -0.25) is 4.79 Å². The number of methoxy groups -OCH3 is 2. The number of benzene rings is 4. The average Bonchev–Trinajstić information content (AvgIpc) is 2.98. The van der Waals surface area contributed by atoms with Crippen LogP contribution >= 0.6 is 11.6 Å². The van der Waals surface area contributed by atoms with Gasteiger partial charge in [-0.15, -0.1) is 0 Å². The fraction of sp³-hybridized carbons (Fsp3) is 0.242. The zero-order valence-electron chi connectivity index (χ0n) is 23.4. The summed E-state index contributed by atoms with van der Waals surface area (Å²) in [6, 6.07) is 26.4. The molecule has 0 aromatic heterocycles. The molecule has 0 aliphatic carbocycles. The van der Waals surface area contributed by atoms with Crippen LogP contribution in [0, 0.1) is 5.82 Å². The van der Waals surface area contributed by atoms with Gasteiger partial charge in [-0.25, -0.2) is 4.39 Å². The Bertz CT molecular complexity index is 1460. The van der Waals surface area contributed by atoms with Crippen molar-refractivity contribution >= 4 is 17.5 Å². The van der Waals surface area contributed by atoms with Crippen LogP contribution in [0.25, 0.3) is 11.1 Å². The lowest BCUT2D eigenvalue weighted by Crippen LogP contribution is -2.25. The van der Waals surface area contributed by atoms with Crippen molar-refractivity contribution in [3.8, 4) is 22.6 Å². The number of hydrogen-bond donors (Lipinski definition) is 1. The van der Waals surface area contributed by atoms with E-state index in [9.17, 15) is 4.79 Å². The molecule has 0 aliphatic heterocycles. The van der Waals surface area contributed by atoms with E-state index in [4.69, 9.17) is 31.5 Å². The van der Waals surface area contributed by atoms with Crippen molar-refractivity contribution in [2.75, 3.05) is 41.0 Å². The summed E-state index contributed by atoms with van der Waals surface area (Å²) in [5, 5.41) is 0.294. The van der Waals surface area contributed by atoms with E-state index in [1.807, 2.05) is 54.6 Å². The number of hydrogen-bond acceptors (Lipinski definition) is 5. The molecule has 1 unspecified atom stereocenters. The third kappa shape index (κ3) is 7.44. The topological polar surface area (TPSA) is 74.0 Å². The number of ether oxygens (including phenoxy) is 3. The van der Waals surface area contributed by atoms with Gasteiger partial charge in [0.15, 0.2) is 11.6 Å². The van der Waals surface area contributed by atoms with Gasteiger partial charge in [-0.1, -0.05) is 60.1 Å². The molecule has 6 nitrogen and oxygen atoms in total. The Morgan fingerprint density at radius 3 is 2.34 bits per heavy atom. The first-order valence-electron chi connectivity index (χ1n) is 13.2. The van der Waals surface area contributed by atoms with Crippen molar-refractivity contribution in [3.63, 3.8) is 0 Å². The van der Waals surface area contributed by atoms with Crippen molar-refractivity contribution in [3.05, 3.63) is 118 Å². The summed E-state index contributed by atoms with van der Waals surface area (Å²) in [6.07, 6.45) is 0. The highest BCUT2D eigenvalue weighted by Gasteiger charge is 2.24. The van der Waals surface area contributed by atoms with Crippen molar-refractivity contribution < 1.29 is 23.4 Å². The van der Waals surface area contributed by atoms with Crippen LogP contribution in [0.15, 0.2) is 84.9 Å².